The zero-order chi connectivity index (χ0) is 24.0. The Morgan fingerprint density at radius 1 is 0.562 bits per heavy atom. The molecule has 0 bridgehead atoms. The molecule has 0 N–H and O–H groups in total. The van der Waals surface area contributed by atoms with Crippen molar-refractivity contribution in [3.63, 3.8) is 0 Å². The van der Waals surface area contributed by atoms with Crippen molar-refractivity contribution >= 4 is 75.0 Å². The van der Waals surface area contributed by atoms with E-state index in [1.807, 2.05) is 17.6 Å². The Labute approximate surface area is 219 Å². The molecule has 2 aromatic rings. The Morgan fingerprint density at radius 3 is 1.16 bits per heavy atom. The number of rotatable bonds is 12. The third kappa shape index (κ3) is 7.81. The summed E-state index contributed by atoms with van der Waals surface area (Å²) in [6.45, 7) is 19.3. The molecular formula is C28H48Ge4. The topological polar surface area (TPSA) is 0 Å². The van der Waals surface area contributed by atoms with Crippen LogP contribution >= 0.6 is 0 Å². The van der Waals surface area contributed by atoms with Crippen LogP contribution in [0.1, 0.15) is 55.4 Å². The van der Waals surface area contributed by atoms with E-state index in [1.165, 1.54) is 42.0 Å². The number of hydrogen-bond acceptors (Lipinski definition) is 0. The van der Waals surface area contributed by atoms with Gasteiger partial charge in [0.25, 0.3) is 0 Å². The molecule has 2 aromatic carbocycles. The molecule has 0 fully saturated rings. The monoisotopic (exact) mass is 680 g/mol. The molecule has 0 aliphatic heterocycles. The van der Waals surface area contributed by atoms with Crippen LogP contribution in [-0.4, -0.2) is 57.4 Å². The second kappa shape index (κ2) is 17.1. The van der Waals surface area contributed by atoms with Crippen LogP contribution in [0.15, 0.2) is 48.5 Å². The van der Waals surface area contributed by atoms with Crippen LogP contribution in [0.2, 0.25) is 42.0 Å². The Bertz CT molecular complexity index is 687. The van der Waals surface area contributed by atoms with Crippen molar-refractivity contribution < 1.29 is 0 Å². The van der Waals surface area contributed by atoms with E-state index < -0.39 is 42.0 Å². The summed E-state index contributed by atoms with van der Waals surface area (Å²) < 4.78 is 7.41. The SMILES string of the molecule is C[CH2][Ge]([CH2]C)[c]1cccc[c]1[Ge]([CH2]C)([CH2]C)[c]1cccc[c]1[Ge]([CH2]C)[CH2]C.C[CH2][Ge][CH2]C. The van der Waals surface area contributed by atoms with Crippen LogP contribution in [0.3, 0.4) is 0 Å². The molecule has 0 atom stereocenters. The Hall–Kier alpha value is 0.611. The van der Waals surface area contributed by atoms with E-state index >= 15 is 0 Å². The van der Waals surface area contributed by atoms with Crippen LogP contribution in [0, 0.1) is 0 Å². The molecule has 0 spiro atoms. The molecule has 4 radical (unpaired) electrons. The average Bonchev–Trinajstić information content (AvgIpc) is 2.84. The summed E-state index contributed by atoms with van der Waals surface area (Å²) in [5, 5.41) is 11.4. The molecule has 0 unspecified atom stereocenters. The van der Waals surface area contributed by atoms with Crippen LogP contribution in [0.4, 0.5) is 0 Å². The Kier molecular flexibility index (Phi) is 16.4. The molecule has 176 valence electrons. The maximum absolute atomic E-state index is 2.56. The van der Waals surface area contributed by atoms with Crippen molar-refractivity contribution in [2.24, 2.45) is 0 Å². The average molecular weight is 675 g/mol. The Morgan fingerprint density at radius 2 is 0.906 bits per heavy atom. The predicted octanol–water partition coefficient (Wildman–Crippen LogP) is 6.34. The standard InChI is InChI=1S/C24H38Ge3.C4H10Ge/c1-7-25(8-2)21-17-13-15-19-23(21)27(11-5,12-6)24-20-16-14-18-22(24)26(9-3)10-4;1-3-5-4-2/h13-20H,7-12H2,1-6H3;3-4H2,1-2H3. The Balaban J connectivity index is 0.000000920. The van der Waals surface area contributed by atoms with Crippen molar-refractivity contribution in [2.75, 3.05) is 0 Å². The first kappa shape index (κ1) is 30.6. The van der Waals surface area contributed by atoms with E-state index in [1.54, 1.807) is 0 Å². The van der Waals surface area contributed by atoms with Crippen molar-refractivity contribution in [3.05, 3.63) is 48.5 Å². The van der Waals surface area contributed by atoms with Crippen molar-refractivity contribution in [1.82, 2.24) is 0 Å². The van der Waals surface area contributed by atoms with Gasteiger partial charge in [-0.3, -0.25) is 0 Å². The van der Waals surface area contributed by atoms with Gasteiger partial charge in [0.1, 0.15) is 0 Å². The molecule has 0 aliphatic carbocycles. The van der Waals surface area contributed by atoms with E-state index in [-0.39, 0.29) is 0 Å². The molecule has 0 amide bonds. The second-order valence-electron chi connectivity index (χ2n) is 8.46. The first-order valence-electron chi connectivity index (χ1n) is 13.1. The van der Waals surface area contributed by atoms with Gasteiger partial charge in [0.15, 0.2) is 0 Å². The van der Waals surface area contributed by atoms with Gasteiger partial charge in [-0.25, -0.2) is 0 Å². The molecule has 4 heteroatoms. The fourth-order valence-electron chi connectivity index (χ4n) is 5.09. The van der Waals surface area contributed by atoms with Gasteiger partial charge in [-0.15, -0.1) is 0 Å². The molecule has 0 saturated heterocycles. The zero-order valence-corrected chi connectivity index (χ0v) is 30.7. The second-order valence-corrected chi connectivity index (χ2v) is 35.5. The minimum absolute atomic E-state index is 0.528. The van der Waals surface area contributed by atoms with E-state index in [0.717, 1.165) is 0 Å². The van der Waals surface area contributed by atoms with Gasteiger partial charge in [0, 0.05) is 0 Å². The summed E-state index contributed by atoms with van der Waals surface area (Å²) in [6, 6.07) is 19.5. The molecule has 2 rings (SSSR count). The molecule has 0 heterocycles. The summed E-state index contributed by atoms with van der Waals surface area (Å²) in [6.07, 6.45) is 0. The summed E-state index contributed by atoms with van der Waals surface area (Å²) in [5.41, 5.74) is 0. The van der Waals surface area contributed by atoms with Gasteiger partial charge < -0.3 is 0 Å². The summed E-state index contributed by atoms with van der Waals surface area (Å²) in [4.78, 5) is 0. The first-order chi connectivity index (χ1) is 15.5. The van der Waals surface area contributed by atoms with Crippen LogP contribution < -0.4 is 17.6 Å². The number of benzene rings is 2. The van der Waals surface area contributed by atoms with Crippen molar-refractivity contribution in [1.29, 1.82) is 0 Å². The maximum atomic E-state index is 2.56. The van der Waals surface area contributed by atoms with E-state index in [4.69, 9.17) is 0 Å². The summed E-state index contributed by atoms with van der Waals surface area (Å²) in [7, 11) is 0. The van der Waals surface area contributed by atoms with Gasteiger partial charge in [0.2, 0.25) is 0 Å². The summed E-state index contributed by atoms with van der Waals surface area (Å²) >= 11 is -4.11. The van der Waals surface area contributed by atoms with Crippen LogP contribution in [0.25, 0.3) is 0 Å². The quantitative estimate of drug-likeness (QED) is 0.231. The third-order valence-corrected chi connectivity index (χ3v) is 34.8. The van der Waals surface area contributed by atoms with Gasteiger partial charge in [-0.2, -0.15) is 0 Å². The van der Waals surface area contributed by atoms with Gasteiger partial charge in [-0.1, -0.05) is 0 Å². The first-order valence-corrected chi connectivity index (χ1v) is 29.2. The molecule has 0 nitrogen and oxygen atoms in total. The van der Waals surface area contributed by atoms with E-state index in [0.29, 0.717) is 15.4 Å². The van der Waals surface area contributed by atoms with Crippen LogP contribution in [-0.2, 0) is 0 Å². The fourth-order valence-corrected chi connectivity index (χ4v) is 33.0. The molecule has 0 saturated carbocycles. The normalized spacial score (nSPS) is 11.6. The molecule has 0 aromatic heterocycles. The third-order valence-electron chi connectivity index (χ3n) is 7.06. The van der Waals surface area contributed by atoms with Crippen molar-refractivity contribution in [2.45, 2.75) is 97.4 Å². The molecule has 32 heavy (non-hydrogen) atoms. The predicted molar refractivity (Wildman–Crippen MR) is 158 cm³/mol. The number of hydrogen-bond donors (Lipinski definition) is 0. The van der Waals surface area contributed by atoms with Gasteiger partial charge in [0.05, 0.1) is 0 Å². The van der Waals surface area contributed by atoms with E-state index in [9.17, 15) is 0 Å². The zero-order valence-electron chi connectivity index (χ0n) is 22.3. The minimum atomic E-state index is -2.35. The van der Waals surface area contributed by atoms with Crippen molar-refractivity contribution in [3.8, 4) is 0 Å². The van der Waals surface area contributed by atoms with Gasteiger partial charge >= 0.3 is 221 Å². The van der Waals surface area contributed by atoms with E-state index in [2.05, 4.69) is 104 Å². The fraction of sp³-hybridized carbons (Fsp3) is 0.571. The van der Waals surface area contributed by atoms with Gasteiger partial charge in [-0.05, 0) is 0 Å². The summed E-state index contributed by atoms with van der Waals surface area (Å²) in [5.74, 6) is 0. The molecule has 0 aliphatic rings. The molecular weight excluding hydrogens is 627 g/mol. The van der Waals surface area contributed by atoms with Crippen LogP contribution in [0.5, 0.6) is 0 Å².